The molecule has 0 heterocycles. The molecule has 0 radical (unpaired) electrons. The van der Waals surface area contributed by atoms with Gasteiger partial charge in [0.1, 0.15) is 0 Å². The molecule has 0 fully saturated rings. The predicted octanol–water partition coefficient (Wildman–Crippen LogP) is 2.51. The van der Waals surface area contributed by atoms with Gasteiger partial charge in [-0.3, -0.25) is 4.79 Å². The maximum absolute atomic E-state index is 11.6. The largest absolute Gasteiger partial charge is 0.399 e. The van der Waals surface area contributed by atoms with Gasteiger partial charge in [0.15, 0.2) is 0 Å². The van der Waals surface area contributed by atoms with E-state index in [9.17, 15) is 4.79 Å². The molecule has 1 atom stereocenters. The van der Waals surface area contributed by atoms with Gasteiger partial charge in [0.05, 0.1) is 0 Å². The molecule has 3 N–H and O–H groups in total. The van der Waals surface area contributed by atoms with Crippen molar-refractivity contribution in [1.29, 1.82) is 0 Å². The van der Waals surface area contributed by atoms with Gasteiger partial charge >= 0.3 is 0 Å². The van der Waals surface area contributed by atoms with Crippen molar-refractivity contribution < 1.29 is 4.79 Å². The predicted molar refractivity (Wildman–Crippen MR) is 71.7 cm³/mol. The van der Waals surface area contributed by atoms with E-state index in [1.807, 2.05) is 31.2 Å². The number of hydrogen-bond acceptors (Lipinski definition) is 2. The van der Waals surface area contributed by atoms with Crippen LogP contribution in [0.5, 0.6) is 0 Å². The van der Waals surface area contributed by atoms with Crippen LogP contribution in [-0.2, 0) is 11.2 Å². The van der Waals surface area contributed by atoms with E-state index in [0.29, 0.717) is 6.42 Å². The Morgan fingerprint density at radius 1 is 1.47 bits per heavy atom. The molecule has 3 heteroatoms. The van der Waals surface area contributed by atoms with Gasteiger partial charge in [-0.1, -0.05) is 25.5 Å². The number of anilines is 1. The summed E-state index contributed by atoms with van der Waals surface area (Å²) in [5, 5.41) is 3.00. The lowest BCUT2D eigenvalue weighted by atomic mass is 10.1. The standard InChI is InChI=1S/C14H22N2O/c1-3-5-11(2)16-14(17)9-8-12-6-4-7-13(15)10-12/h4,6-7,10-11H,3,5,8-9,15H2,1-2H3,(H,16,17). The molecule has 0 bridgehead atoms. The average Bonchev–Trinajstić information content (AvgIpc) is 2.27. The molecule has 0 spiro atoms. The molecule has 1 rings (SSSR count). The van der Waals surface area contributed by atoms with Gasteiger partial charge in [-0.15, -0.1) is 0 Å². The van der Waals surface area contributed by atoms with Crippen LogP contribution in [0, 0.1) is 0 Å². The van der Waals surface area contributed by atoms with E-state index >= 15 is 0 Å². The zero-order valence-corrected chi connectivity index (χ0v) is 10.7. The van der Waals surface area contributed by atoms with Gasteiger partial charge in [0.2, 0.25) is 5.91 Å². The second-order valence-corrected chi connectivity index (χ2v) is 4.50. The van der Waals surface area contributed by atoms with Crippen LogP contribution in [0.1, 0.15) is 38.7 Å². The van der Waals surface area contributed by atoms with Crippen LogP contribution in [0.15, 0.2) is 24.3 Å². The lowest BCUT2D eigenvalue weighted by Crippen LogP contribution is -2.32. The minimum Gasteiger partial charge on any atom is -0.399 e. The molecule has 17 heavy (non-hydrogen) atoms. The molecule has 0 aromatic heterocycles. The number of nitrogen functional groups attached to an aromatic ring is 1. The number of nitrogens with one attached hydrogen (secondary N) is 1. The second kappa shape index (κ2) is 6.94. The Bertz CT molecular complexity index is 363. The van der Waals surface area contributed by atoms with Gasteiger partial charge in [-0.2, -0.15) is 0 Å². The zero-order chi connectivity index (χ0) is 12.7. The Hall–Kier alpha value is -1.51. The van der Waals surface area contributed by atoms with Crippen molar-refractivity contribution in [3.05, 3.63) is 29.8 Å². The van der Waals surface area contributed by atoms with Gasteiger partial charge < -0.3 is 11.1 Å². The van der Waals surface area contributed by atoms with Gasteiger partial charge in [-0.05, 0) is 37.5 Å². The maximum atomic E-state index is 11.6. The summed E-state index contributed by atoms with van der Waals surface area (Å²) >= 11 is 0. The SMILES string of the molecule is CCCC(C)NC(=O)CCc1cccc(N)c1. The van der Waals surface area contributed by atoms with E-state index in [4.69, 9.17) is 5.73 Å². The minimum absolute atomic E-state index is 0.119. The smallest absolute Gasteiger partial charge is 0.220 e. The van der Waals surface area contributed by atoms with E-state index in [0.717, 1.165) is 30.5 Å². The third kappa shape index (κ3) is 5.38. The van der Waals surface area contributed by atoms with Crippen molar-refractivity contribution in [1.82, 2.24) is 5.32 Å². The van der Waals surface area contributed by atoms with Crippen molar-refractivity contribution in [2.45, 2.75) is 45.6 Å². The van der Waals surface area contributed by atoms with Crippen LogP contribution in [0.2, 0.25) is 0 Å². The Kier molecular flexibility index (Phi) is 5.53. The lowest BCUT2D eigenvalue weighted by Gasteiger charge is -2.12. The lowest BCUT2D eigenvalue weighted by molar-refractivity contribution is -0.121. The van der Waals surface area contributed by atoms with Gasteiger partial charge in [0.25, 0.3) is 0 Å². The number of rotatable bonds is 6. The first-order valence-electron chi connectivity index (χ1n) is 6.25. The molecule has 1 aromatic rings. The van der Waals surface area contributed by atoms with Gasteiger partial charge in [0, 0.05) is 18.2 Å². The van der Waals surface area contributed by atoms with E-state index in [1.165, 1.54) is 0 Å². The highest BCUT2D eigenvalue weighted by molar-refractivity contribution is 5.76. The maximum Gasteiger partial charge on any atom is 0.220 e. The minimum atomic E-state index is 0.119. The van der Waals surface area contributed by atoms with Crippen LogP contribution in [0.4, 0.5) is 5.69 Å². The number of aryl methyl sites for hydroxylation is 1. The van der Waals surface area contributed by atoms with Crippen LogP contribution < -0.4 is 11.1 Å². The summed E-state index contributed by atoms with van der Waals surface area (Å²) in [6.07, 6.45) is 3.40. The zero-order valence-electron chi connectivity index (χ0n) is 10.7. The van der Waals surface area contributed by atoms with Crippen molar-refractivity contribution in [3.8, 4) is 0 Å². The van der Waals surface area contributed by atoms with Crippen molar-refractivity contribution in [2.24, 2.45) is 0 Å². The summed E-state index contributed by atoms with van der Waals surface area (Å²) in [5.74, 6) is 0.119. The monoisotopic (exact) mass is 234 g/mol. The molecule has 0 aliphatic heterocycles. The summed E-state index contributed by atoms with van der Waals surface area (Å²) in [6, 6.07) is 7.96. The number of hydrogen-bond donors (Lipinski definition) is 2. The fourth-order valence-corrected chi connectivity index (χ4v) is 1.86. The molecule has 3 nitrogen and oxygen atoms in total. The number of benzene rings is 1. The highest BCUT2D eigenvalue weighted by atomic mass is 16.1. The molecule has 1 amide bonds. The summed E-state index contributed by atoms with van der Waals surface area (Å²) in [4.78, 5) is 11.6. The summed E-state index contributed by atoms with van der Waals surface area (Å²) in [7, 11) is 0. The highest BCUT2D eigenvalue weighted by Gasteiger charge is 2.06. The molecular formula is C14H22N2O. The number of amides is 1. The van der Waals surface area contributed by atoms with Crippen LogP contribution >= 0.6 is 0 Å². The normalized spacial score (nSPS) is 12.1. The molecule has 0 aliphatic carbocycles. The van der Waals surface area contributed by atoms with Crippen molar-refractivity contribution >= 4 is 11.6 Å². The molecule has 1 unspecified atom stereocenters. The molecule has 94 valence electrons. The first-order valence-corrected chi connectivity index (χ1v) is 6.25. The second-order valence-electron chi connectivity index (χ2n) is 4.50. The molecule has 0 aliphatic rings. The summed E-state index contributed by atoms with van der Waals surface area (Å²) in [6.45, 7) is 4.16. The Morgan fingerprint density at radius 2 is 2.24 bits per heavy atom. The average molecular weight is 234 g/mol. The summed E-state index contributed by atoms with van der Waals surface area (Å²) < 4.78 is 0. The van der Waals surface area contributed by atoms with E-state index in [-0.39, 0.29) is 11.9 Å². The van der Waals surface area contributed by atoms with Crippen LogP contribution in [0.3, 0.4) is 0 Å². The van der Waals surface area contributed by atoms with E-state index in [1.54, 1.807) is 0 Å². The summed E-state index contributed by atoms with van der Waals surface area (Å²) in [5.41, 5.74) is 7.55. The van der Waals surface area contributed by atoms with Crippen molar-refractivity contribution in [2.75, 3.05) is 5.73 Å². The topological polar surface area (TPSA) is 55.1 Å². The Balaban J connectivity index is 2.33. The van der Waals surface area contributed by atoms with Crippen LogP contribution in [0.25, 0.3) is 0 Å². The third-order valence-electron chi connectivity index (χ3n) is 2.72. The third-order valence-corrected chi connectivity index (χ3v) is 2.72. The van der Waals surface area contributed by atoms with E-state index in [2.05, 4.69) is 12.2 Å². The van der Waals surface area contributed by atoms with Crippen LogP contribution in [-0.4, -0.2) is 11.9 Å². The number of carbonyl (C=O) groups is 1. The number of carbonyl (C=O) groups excluding carboxylic acids is 1. The highest BCUT2D eigenvalue weighted by Crippen LogP contribution is 2.08. The van der Waals surface area contributed by atoms with Crippen molar-refractivity contribution in [3.63, 3.8) is 0 Å². The van der Waals surface area contributed by atoms with Gasteiger partial charge in [-0.25, -0.2) is 0 Å². The quantitative estimate of drug-likeness (QED) is 0.743. The molecular weight excluding hydrogens is 212 g/mol. The Morgan fingerprint density at radius 3 is 2.88 bits per heavy atom. The Labute approximate surface area is 103 Å². The molecule has 0 saturated carbocycles. The first-order chi connectivity index (χ1) is 8.11. The fraction of sp³-hybridized carbons (Fsp3) is 0.500. The number of nitrogens with two attached hydrogens (primary N) is 1. The first kappa shape index (κ1) is 13.6. The molecule has 1 aromatic carbocycles. The molecule has 0 saturated heterocycles. The van der Waals surface area contributed by atoms with E-state index < -0.39 is 0 Å². The fourth-order valence-electron chi connectivity index (χ4n) is 1.86.